The summed E-state index contributed by atoms with van der Waals surface area (Å²) in [7, 11) is 0. The van der Waals surface area contributed by atoms with Crippen LogP contribution in [0.2, 0.25) is 0 Å². The van der Waals surface area contributed by atoms with Crippen LogP contribution in [0.15, 0.2) is 285 Å². The van der Waals surface area contributed by atoms with E-state index < -0.39 is 0 Å². The van der Waals surface area contributed by atoms with Crippen LogP contribution in [0.25, 0.3) is 82.4 Å². The molecule has 0 unspecified atom stereocenters. The second-order valence-corrected chi connectivity index (χ2v) is 18.2. The van der Waals surface area contributed by atoms with Crippen molar-refractivity contribution in [3.63, 3.8) is 0 Å². The number of anilines is 6. The number of aromatic nitrogens is 1. The fourth-order valence-corrected chi connectivity index (χ4v) is 10.6. The Morgan fingerprint density at radius 2 is 0.704 bits per heavy atom. The van der Waals surface area contributed by atoms with Crippen molar-refractivity contribution < 1.29 is 0 Å². The summed E-state index contributed by atoms with van der Waals surface area (Å²) in [4.78, 5) is 4.83. The predicted octanol–water partition coefficient (Wildman–Crippen LogP) is 19.0. The maximum atomic E-state index is 2.43. The van der Waals surface area contributed by atoms with Gasteiger partial charge in [-0.1, -0.05) is 188 Å². The van der Waals surface area contributed by atoms with Gasteiger partial charge in [0.15, 0.2) is 0 Å². The Bertz CT molecular complexity index is 4030. The molecule has 0 aliphatic carbocycles. The Balaban J connectivity index is 1.05. The Hall–Kier alpha value is -9.44. The molecule has 3 nitrogen and oxygen atoms in total. The highest BCUT2D eigenvalue weighted by molar-refractivity contribution is 6.14. The summed E-state index contributed by atoms with van der Waals surface area (Å²) >= 11 is 0. The molecule has 0 aliphatic heterocycles. The molecule has 1 aromatic heterocycles. The first kappa shape index (κ1) is 41.7. The van der Waals surface area contributed by atoms with Gasteiger partial charge in [-0.25, -0.2) is 0 Å². The number of rotatable bonds is 10. The molecule has 13 rings (SSSR count). The van der Waals surface area contributed by atoms with E-state index in [0.717, 1.165) is 56.5 Å². The molecule has 0 saturated carbocycles. The molecule has 0 saturated heterocycles. The van der Waals surface area contributed by atoms with Gasteiger partial charge >= 0.3 is 0 Å². The molecule has 71 heavy (non-hydrogen) atoms. The molecule has 3 heteroatoms. The van der Waals surface area contributed by atoms with Crippen molar-refractivity contribution in [3.05, 3.63) is 285 Å². The lowest BCUT2D eigenvalue weighted by Gasteiger charge is -2.30. The Labute approximate surface area is 414 Å². The maximum absolute atomic E-state index is 2.43. The second kappa shape index (κ2) is 17.9. The third kappa shape index (κ3) is 7.67. The summed E-state index contributed by atoms with van der Waals surface area (Å²) in [6, 6.07) is 104. The Morgan fingerprint density at radius 1 is 0.225 bits per heavy atom. The molecule has 0 radical (unpaired) electrons. The molecule has 0 aliphatic rings. The first-order valence-corrected chi connectivity index (χ1v) is 24.3. The van der Waals surface area contributed by atoms with E-state index in [-0.39, 0.29) is 0 Å². The summed E-state index contributed by atoms with van der Waals surface area (Å²) in [6.45, 7) is 0. The van der Waals surface area contributed by atoms with Crippen LogP contribution >= 0.6 is 0 Å². The molecule has 0 N–H and O–H groups in total. The van der Waals surface area contributed by atoms with Gasteiger partial charge in [0.1, 0.15) is 0 Å². The summed E-state index contributed by atoms with van der Waals surface area (Å²) in [5.74, 6) is 0. The zero-order chi connectivity index (χ0) is 47.1. The molecule has 13 aromatic rings. The summed E-state index contributed by atoms with van der Waals surface area (Å²) in [6.07, 6.45) is 0. The number of nitrogens with zero attached hydrogens (tertiary/aromatic N) is 3. The van der Waals surface area contributed by atoms with Gasteiger partial charge < -0.3 is 14.4 Å². The minimum Gasteiger partial charge on any atom is -0.310 e. The van der Waals surface area contributed by atoms with Crippen molar-refractivity contribution in [2.24, 2.45) is 0 Å². The normalized spacial score (nSPS) is 11.4. The standard InChI is InChI=1S/C68H47N3/c1-5-20-48(21-6-1)50-23-19-24-51(42-50)49-36-38-57(39-37-49)69(54-25-7-2-8-26-54)59-43-53(66-45-52-22-13-14-31-61(52)62-32-15-16-33-63(62)66)44-60(46-59)70(55-27-9-3-10-28-55)58-40-41-65-64-34-17-18-35-67(64)71(68(65)47-58)56-29-11-4-12-30-56/h1-47H. The van der Waals surface area contributed by atoms with E-state index in [2.05, 4.69) is 299 Å². The third-order valence-electron chi connectivity index (χ3n) is 13.9. The summed E-state index contributed by atoms with van der Waals surface area (Å²) < 4.78 is 2.40. The lowest BCUT2D eigenvalue weighted by molar-refractivity contribution is 1.18. The van der Waals surface area contributed by atoms with Crippen LogP contribution in [0, 0.1) is 0 Å². The van der Waals surface area contributed by atoms with E-state index in [4.69, 9.17) is 0 Å². The quantitative estimate of drug-likeness (QED) is 0.127. The van der Waals surface area contributed by atoms with Crippen molar-refractivity contribution in [1.29, 1.82) is 0 Å². The first-order valence-electron chi connectivity index (χ1n) is 24.3. The van der Waals surface area contributed by atoms with Crippen LogP contribution < -0.4 is 9.80 Å². The summed E-state index contributed by atoms with van der Waals surface area (Å²) in [5, 5.41) is 7.34. The van der Waals surface area contributed by atoms with Gasteiger partial charge in [0.25, 0.3) is 0 Å². The number of hydrogen-bond donors (Lipinski definition) is 0. The van der Waals surface area contributed by atoms with Gasteiger partial charge in [0.05, 0.1) is 11.0 Å². The fraction of sp³-hybridized carbons (Fsp3) is 0. The van der Waals surface area contributed by atoms with Crippen LogP contribution in [0.4, 0.5) is 34.1 Å². The van der Waals surface area contributed by atoms with Crippen molar-refractivity contribution in [2.75, 3.05) is 9.80 Å². The molecule has 12 aromatic carbocycles. The highest BCUT2D eigenvalue weighted by atomic mass is 15.2. The van der Waals surface area contributed by atoms with Crippen molar-refractivity contribution in [1.82, 2.24) is 4.57 Å². The smallest absolute Gasteiger partial charge is 0.0561 e. The minimum atomic E-state index is 1.04. The minimum absolute atomic E-state index is 1.04. The molecule has 1 heterocycles. The molecule has 0 spiro atoms. The van der Waals surface area contributed by atoms with E-state index >= 15 is 0 Å². The Morgan fingerprint density at radius 3 is 1.38 bits per heavy atom. The number of para-hydroxylation sites is 4. The van der Waals surface area contributed by atoms with Crippen LogP contribution in [-0.2, 0) is 0 Å². The van der Waals surface area contributed by atoms with Crippen molar-refractivity contribution >= 4 is 77.5 Å². The van der Waals surface area contributed by atoms with Crippen LogP contribution in [0.1, 0.15) is 0 Å². The molecule has 0 amide bonds. The predicted molar refractivity (Wildman–Crippen MR) is 301 cm³/mol. The zero-order valence-electron chi connectivity index (χ0n) is 39.0. The number of fused-ring (bicyclic) bond motifs is 6. The van der Waals surface area contributed by atoms with Gasteiger partial charge in [0, 0.05) is 50.6 Å². The molecule has 0 atom stereocenters. The number of hydrogen-bond acceptors (Lipinski definition) is 2. The first-order chi connectivity index (χ1) is 35.2. The molecular weight excluding hydrogens is 859 g/mol. The van der Waals surface area contributed by atoms with Crippen LogP contribution in [0.5, 0.6) is 0 Å². The van der Waals surface area contributed by atoms with E-state index in [0.29, 0.717) is 0 Å². The SMILES string of the molecule is c1ccc(-c2cccc(-c3ccc(N(c4ccccc4)c4cc(-c5cc6ccccc6c6ccccc56)cc(N(c5ccccc5)c5ccc6c7ccccc7n(-c7ccccc7)c6c5)c4)cc3)c2)cc1. The van der Waals surface area contributed by atoms with Crippen LogP contribution in [0.3, 0.4) is 0 Å². The molecular formula is C68H47N3. The van der Waals surface area contributed by atoms with Crippen molar-refractivity contribution in [2.45, 2.75) is 0 Å². The largest absolute Gasteiger partial charge is 0.310 e. The van der Waals surface area contributed by atoms with Gasteiger partial charge in [-0.15, -0.1) is 0 Å². The average molecular weight is 906 g/mol. The maximum Gasteiger partial charge on any atom is 0.0561 e. The molecule has 0 fully saturated rings. The lowest BCUT2D eigenvalue weighted by Crippen LogP contribution is -2.13. The topological polar surface area (TPSA) is 11.4 Å². The van der Waals surface area contributed by atoms with E-state index in [9.17, 15) is 0 Å². The summed E-state index contributed by atoms with van der Waals surface area (Å²) in [5.41, 5.74) is 16.8. The molecule has 334 valence electrons. The monoisotopic (exact) mass is 905 g/mol. The fourth-order valence-electron chi connectivity index (χ4n) is 10.6. The van der Waals surface area contributed by atoms with E-state index in [1.807, 2.05) is 0 Å². The zero-order valence-corrected chi connectivity index (χ0v) is 39.0. The van der Waals surface area contributed by atoms with Crippen molar-refractivity contribution in [3.8, 4) is 39.1 Å². The Kier molecular flexibility index (Phi) is 10.5. The van der Waals surface area contributed by atoms with Gasteiger partial charge in [-0.2, -0.15) is 0 Å². The van der Waals surface area contributed by atoms with E-state index in [1.54, 1.807) is 0 Å². The van der Waals surface area contributed by atoms with Gasteiger partial charge in [-0.3, -0.25) is 0 Å². The van der Waals surface area contributed by atoms with E-state index in [1.165, 1.54) is 60.1 Å². The molecule has 0 bridgehead atoms. The van der Waals surface area contributed by atoms with Gasteiger partial charge in [0.2, 0.25) is 0 Å². The highest BCUT2D eigenvalue weighted by Crippen LogP contribution is 2.46. The number of benzene rings is 12. The van der Waals surface area contributed by atoms with Gasteiger partial charge in [-0.05, 0) is 152 Å². The lowest BCUT2D eigenvalue weighted by atomic mass is 9.92. The second-order valence-electron chi connectivity index (χ2n) is 18.2. The average Bonchev–Trinajstić information content (AvgIpc) is 3.78. The van der Waals surface area contributed by atoms with Crippen LogP contribution in [-0.4, -0.2) is 4.57 Å². The third-order valence-corrected chi connectivity index (χ3v) is 13.9. The highest BCUT2D eigenvalue weighted by Gasteiger charge is 2.22.